The van der Waals surface area contributed by atoms with Crippen molar-refractivity contribution in [2.45, 2.75) is 11.8 Å². The number of nitrogens with one attached hydrogen (secondary N) is 1. The van der Waals surface area contributed by atoms with Crippen LogP contribution in [0.3, 0.4) is 0 Å². The molecule has 2 rings (SSSR count). The topological polar surface area (TPSA) is 106 Å². The summed E-state index contributed by atoms with van der Waals surface area (Å²) in [7, 11) is -3.88. The van der Waals surface area contributed by atoms with Crippen LogP contribution in [-0.4, -0.2) is 20.1 Å². The molecule has 0 aromatic heterocycles. The van der Waals surface area contributed by atoms with Gasteiger partial charge in [0.2, 0.25) is 0 Å². The normalized spacial score (nSPS) is 11.0. The number of benzene rings is 2. The molecular formula is C15H14N2O4S. The summed E-state index contributed by atoms with van der Waals surface area (Å²) in [6, 6.07) is 11.6. The summed E-state index contributed by atoms with van der Waals surface area (Å²) in [6.07, 6.45) is 0. The van der Waals surface area contributed by atoms with Gasteiger partial charge >= 0.3 is 0 Å². The highest BCUT2D eigenvalue weighted by molar-refractivity contribution is 7.92. The lowest BCUT2D eigenvalue weighted by Gasteiger charge is -2.11. The van der Waals surface area contributed by atoms with Crippen molar-refractivity contribution in [1.29, 1.82) is 0 Å². The molecule has 0 aliphatic carbocycles. The number of rotatable bonds is 5. The summed E-state index contributed by atoms with van der Waals surface area (Å²) in [6.45, 7) is 1.39. The zero-order valence-electron chi connectivity index (χ0n) is 11.7. The van der Waals surface area contributed by atoms with Crippen molar-refractivity contribution >= 4 is 27.4 Å². The number of carbonyl (C=O) groups is 2. The Balaban J connectivity index is 2.36. The van der Waals surface area contributed by atoms with Crippen LogP contribution in [0.2, 0.25) is 0 Å². The maximum Gasteiger partial charge on any atom is 0.261 e. The molecule has 0 aliphatic heterocycles. The standard InChI is InChI=1S/C15H14N2O4S/c1-10(18)11-6-8-12(9-7-11)22(20,21)17-14-5-3-2-4-13(14)15(16)19/h2-9,17H,1H3,(H2,16,19). The molecule has 114 valence electrons. The minimum Gasteiger partial charge on any atom is -0.366 e. The maximum atomic E-state index is 12.3. The number of para-hydroxylation sites is 1. The average Bonchev–Trinajstić information content (AvgIpc) is 2.47. The number of sulfonamides is 1. The van der Waals surface area contributed by atoms with Crippen molar-refractivity contribution < 1.29 is 18.0 Å². The Labute approximate surface area is 128 Å². The molecule has 0 spiro atoms. The maximum absolute atomic E-state index is 12.3. The van der Waals surface area contributed by atoms with Crippen LogP contribution >= 0.6 is 0 Å². The van der Waals surface area contributed by atoms with Gasteiger partial charge in [0.1, 0.15) is 0 Å². The molecule has 0 unspecified atom stereocenters. The molecule has 0 radical (unpaired) electrons. The van der Waals surface area contributed by atoms with E-state index in [1.165, 1.54) is 43.3 Å². The molecule has 1 amide bonds. The largest absolute Gasteiger partial charge is 0.366 e. The third-order valence-corrected chi connectivity index (χ3v) is 4.39. The van der Waals surface area contributed by atoms with E-state index in [2.05, 4.69) is 4.72 Å². The monoisotopic (exact) mass is 318 g/mol. The number of ketones is 1. The molecule has 2 aromatic carbocycles. The van der Waals surface area contributed by atoms with Crippen LogP contribution in [0.25, 0.3) is 0 Å². The van der Waals surface area contributed by atoms with Crippen LogP contribution in [0.1, 0.15) is 27.6 Å². The predicted octanol–water partition coefficient (Wildman–Crippen LogP) is 1.79. The lowest BCUT2D eigenvalue weighted by Crippen LogP contribution is -2.18. The molecule has 6 nitrogen and oxygen atoms in total. The summed E-state index contributed by atoms with van der Waals surface area (Å²) in [4.78, 5) is 22.5. The van der Waals surface area contributed by atoms with Crippen LogP contribution in [0.5, 0.6) is 0 Å². The first kappa shape index (κ1) is 15.7. The number of primary amides is 1. The van der Waals surface area contributed by atoms with Gasteiger partial charge in [-0.2, -0.15) is 0 Å². The van der Waals surface area contributed by atoms with Crippen LogP contribution in [-0.2, 0) is 10.0 Å². The van der Waals surface area contributed by atoms with E-state index >= 15 is 0 Å². The first-order chi connectivity index (χ1) is 10.3. The van der Waals surface area contributed by atoms with Gasteiger partial charge in [0.25, 0.3) is 15.9 Å². The molecule has 3 N–H and O–H groups in total. The second-order valence-corrected chi connectivity index (χ2v) is 6.28. The molecule has 0 aliphatic rings. The number of nitrogens with two attached hydrogens (primary N) is 1. The quantitative estimate of drug-likeness (QED) is 0.820. The molecule has 0 fully saturated rings. The fraction of sp³-hybridized carbons (Fsp3) is 0.0667. The minimum absolute atomic E-state index is 0.0169. The van der Waals surface area contributed by atoms with Gasteiger partial charge in [0.15, 0.2) is 5.78 Å². The summed E-state index contributed by atoms with van der Waals surface area (Å²) >= 11 is 0. The number of hydrogen-bond donors (Lipinski definition) is 2. The zero-order valence-corrected chi connectivity index (χ0v) is 12.6. The summed E-state index contributed by atoms with van der Waals surface area (Å²) < 4.78 is 26.9. The second-order valence-electron chi connectivity index (χ2n) is 4.60. The number of anilines is 1. The van der Waals surface area contributed by atoms with E-state index in [1.54, 1.807) is 12.1 Å². The third-order valence-electron chi connectivity index (χ3n) is 3.01. The number of Topliss-reactive ketones (excluding diaryl/α,β-unsaturated/α-hetero) is 1. The van der Waals surface area contributed by atoms with E-state index in [-0.39, 0.29) is 21.9 Å². The lowest BCUT2D eigenvalue weighted by atomic mass is 10.2. The fourth-order valence-corrected chi connectivity index (χ4v) is 2.94. The van der Waals surface area contributed by atoms with E-state index < -0.39 is 15.9 Å². The summed E-state index contributed by atoms with van der Waals surface area (Å²) in [5.41, 5.74) is 5.81. The Hall–Kier alpha value is -2.67. The van der Waals surface area contributed by atoms with Crippen LogP contribution in [0.15, 0.2) is 53.4 Å². The summed E-state index contributed by atoms with van der Waals surface area (Å²) in [5.74, 6) is -0.888. The lowest BCUT2D eigenvalue weighted by molar-refractivity contribution is 0.0997. The molecule has 0 atom stereocenters. The molecule has 7 heteroatoms. The highest BCUT2D eigenvalue weighted by Crippen LogP contribution is 2.20. The molecule has 2 aromatic rings. The van der Waals surface area contributed by atoms with Crippen molar-refractivity contribution in [3.8, 4) is 0 Å². The first-order valence-corrected chi connectivity index (χ1v) is 7.82. The third kappa shape index (κ3) is 3.32. The Morgan fingerprint density at radius 2 is 1.59 bits per heavy atom. The van der Waals surface area contributed by atoms with Crippen LogP contribution in [0, 0.1) is 0 Å². The number of hydrogen-bond acceptors (Lipinski definition) is 4. The predicted molar refractivity (Wildman–Crippen MR) is 82.2 cm³/mol. The highest BCUT2D eigenvalue weighted by atomic mass is 32.2. The zero-order chi connectivity index (χ0) is 16.3. The fourth-order valence-electron chi connectivity index (χ4n) is 1.86. The SMILES string of the molecule is CC(=O)c1ccc(S(=O)(=O)Nc2ccccc2C(N)=O)cc1. The van der Waals surface area contributed by atoms with Gasteiger partial charge in [-0.05, 0) is 31.2 Å². The van der Waals surface area contributed by atoms with E-state index in [0.29, 0.717) is 5.56 Å². The van der Waals surface area contributed by atoms with Crippen molar-refractivity contribution in [2.75, 3.05) is 4.72 Å². The molecular weight excluding hydrogens is 304 g/mol. The van der Waals surface area contributed by atoms with Gasteiger partial charge in [0, 0.05) is 5.56 Å². The van der Waals surface area contributed by atoms with Crippen molar-refractivity contribution in [2.24, 2.45) is 5.73 Å². The Bertz CT molecular complexity index is 827. The van der Waals surface area contributed by atoms with Crippen molar-refractivity contribution in [3.63, 3.8) is 0 Å². The molecule has 0 saturated carbocycles. The van der Waals surface area contributed by atoms with E-state index in [9.17, 15) is 18.0 Å². The van der Waals surface area contributed by atoms with Gasteiger partial charge in [0.05, 0.1) is 16.1 Å². The van der Waals surface area contributed by atoms with Gasteiger partial charge < -0.3 is 5.73 Å². The van der Waals surface area contributed by atoms with Crippen LogP contribution < -0.4 is 10.5 Å². The first-order valence-electron chi connectivity index (χ1n) is 6.34. The van der Waals surface area contributed by atoms with E-state index in [4.69, 9.17) is 5.73 Å². The Kier molecular flexibility index (Phi) is 4.27. The molecule has 0 saturated heterocycles. The number of carbonyl (C=O) groups excluding carboxylic acids is 2. The molecule has 0 bridgehead atoms. The minimum atomic E-state index is -3.88. The Morgan fingerprint density at radius 3 is 2.14 bits per heavy atom. The summed E-state index contributed by atoms with van der Waals surface area (Å²) in [5, 5.41) is 0. The molecule has 0 heterocycles. The van der Waals surface area contributed by atoms with Crippen molar-refractivity contribution in [1.82, 2.24) is 0 Å². The van der Waals surface area contributed by atoms with E-state index in [1.807, 2.05) is 0 Å². The van der Waals surface area contributed by atoms with Gasteiger partial charge in [-0.15, -0.1) is 0 Å². The Morgan fingerprint density at radius 1 is 1.00 bits per heavy atom. The second kappa shape index (κ2) is 5.98. The van der Waals surface area contributed by atoms with Gasteiger partial charge in [-0.3, -0.25) is 14.3 Å². The van der Waals surface area contributed by atoms with Gasteiger partial charge in [-0.25, -0.2) is 8.42 Å². The van der Waals surface area contributed by atoms with Gasteiger partial charge in [-0.1, -0.05) is 24.3 Å². The average molecular weight is 318 g/mol. The highest BCUT2D eigenvalue weighted by Gasteiger charge is 2.17. The van der Waals surface area contributed by atoms with E-state index in [0.717, 1.165) is 0 Å². The van der Waals surface area contributed by atoms with Crippen LogP contribution in [0.4, 0.5) is 5.69 Å². The number of amides is 1. The van der Waals surface area contributed by atoms with Crippen molar-refractivity contribution in [3.05, 3.63) is 59.7 Å². The smallest absolute Gasteiger partial charge is 0.261 e. The molecule has 22 heavy (non-hydrogen) atoms.